The highest BCUT2D eigenvalue weighted by molar-refractivity contribution is 7.98. The van der Waals surface area contributed by atoms with Crippen LogP contribution in [0.25, 0.3) is 10.7 Å². The van der Waals surface area contributed by atoms with Gasteiger partial charge in [-0.25, -0.2) is 9.97 Å². The van der Waals surface area contributed by atoms with E-state index < -0.39 is 0 Å². The number of hydrogen-bond acceptors (Lipinski definition) is 7. The molecule has 0 aliphatic carbocycles. The van der Waals surface area contributed by atoms with Gasteiger partial charge < -0.3 is 4.52 Å². The van der Waals surface area contributed by atoms with Gasteiger partial charge in [-0.3, -0.25) is 0 Å². The zero-order valence-electron chi connectivity index (χ0n) is 9.18. The molecule has 0 N–H and O–H groups in total. The quantitative estimate of drug-likeness (QED) is 0.539. The van der Waals surface area contributed by atoms with Crippen LogP contribution in [-0.2, 0) is 5.75 Å². The van der Waals surface area contributed by atoms with Gasteiger partial charge in [0.15, 0.2) is 5.16 Å². The van der Waals surface area contributed by atoms with Crippen LogP contribution in [0.2, 0.25) is 0 Å². The molecule has 7 heteroatoms. The first-order chi connectivity index (χ1) is 8.92. The van der Waals surface area contributed by atoms with Crippen molar-refractivity contribution >= 4 is 23.1 Å². The summed E-state index contributed by atoms with van der Waals surface area (Å²) in [4.78, 5) is 13.6. The van der Waals surface area contributed by atoms with Crippen LogP contribution in [0.15, 0.2) is 45.7 Å². The van der Waals surface area contributed by atoms with Crippen LogP contribution in [-0.4, -0.2) is 20.1 Å². The van der Waals surface area contributed by atoms with Gasteiger partial charge >= 0.3 is 0 Å². The number of nitrogens with zero attached hydrogens (tertiary/aromatic N) is 4. The fourth-order valence-corrected chi connectivity index (χ4v) is 2.60. The molecule has 0 aliphatic heterocycles. The maximum absolute atomic E-state index is 5.18. The second-order valence-corrected chi connectivity index (χ2v) is 5.20. The molecule has 0 spiro atoms. The summed E-state index contributed by atoms with van der Waals surface area (Å²) in [5.41, 5.74) is 0. The van der Waals surface area contributed by atoms with Crippen LogP contribution >= 0.6 is 23.1 Å². The lowest BCUT2D eigenvalue weighted by atomic mass is 10.4. The second-order valence-electron chi connectivity index (χ2n) is 3.31. The Morgan fingerprint density at radius 2 is 2.11 bits per heavy atom. The molecule has 0 bridgehead atoms. The molecule has 0 saturated carbocycles. The largest absolute Gasteiger partial charge is 0.338 e. The zero-order chi connectivity index (χ0) is 12.2. The van der Waals surface area contributed by atoms with E-state index in [1.54, 1.807) is 29.8 Å². The summed E-state index contributed by atoms with van der Waals surface area (Å²) in [6.45, 7) is 0. The van der Waals surface area contributed by atoms with Gasteiger partial charge in [-0.15, -0.1) is 11.3 Å². The molecule has 0 aliphatic rings. The van der Waals surface area contributed by atoms with E-state index in [1.165, 1.54) is 11.8 Å². The summed E-state index contributed by atoms with van der Waals surface area (Å²) < 4.78 is 5.18. The van der Waals surface area contributed by atoms with E-state index in [-0.39, 0.29) is 0 Å². The van der Waals surface area contributed by atoms with E-state index in [0.29, 0.717) is 22.6 Å². The maximum atomic E-state index is 5.18. The Morgan fingerprint density at radius 3 is 2.89 bits per heavy atom. The Hall–Kier alpha value is -1.73. The summed E-state index contributed by atoms with van der Waals surface area (Å²) in [6, 6.07) is 5.71. The SMILES string of the molecule is c1cnc(SCc2nc(-c3cccs3)no2)nc1. The molecule has 0 atom stereocenters. The van der Waals surface area contributed by atoms with Crippen molar-refractivity contribution in [3.05, 3.63) is 41.9 Å². The fourth-order valence-electron chi connectivity index (χ4n) is 1.31. The van der Waals surface area contributed by atoms with Gasteiger partial charge in [-0.1, -0.05) is 23.0 Å². The lowest BCUT2D eigenvalue weighted by molar-refractivity contribution is 0.391. The minimum atomic E-state index is 0.572. The van der Waals surface area contributed by atoms with Crippen LogP contribution < -0.4 is 0 Å². The zero-order valence-corrected chi connectivity index (χ0v) is 10.8. The van der Waals surface area contributed by atoms with Gasteiger partial charge in [-0.2, -0.15) is 4.98 Å². The molecule has 0 unspecified atom stereocenters. The molecular weight excluding hydrogens is 268 g/mol. The highest BCUT2D eigenvalue weighted by Crippen LogP contribution is 2.23. The lowest BCUT2D eigenvalue weighted by Crippen LogP contribution is -1.85. The van der Waals surface area contributed by atoms with Gasteiger partial charge in [0.1, 0.15) is 0 Å². The monoisotopic (exact) mass is 276 g/mol. The van der Waals surface area contributed by atoms with E-state index in [1.807, 2.05) is 17.5 Å². The Bertz CT molecular complexity index is 609. The van der Waals surface area contributed by atoms with Crippen LogP contribution in [0.5, 0.6) is 0 Å². The second kappa shape index (κ2) is 5.28. The van der Waals surface area contributed by atoms with Crippen molar-refractivity contribution in [2.24, 2.45) is 0 Å². The van der Waals surface area contributed by atoms with E-state index in [2.05, 4.69) is 20.1 Å². The molecular formula is C11H8N4OS2. The first-order valence-corrected chi connectivity index (χ1v) is 7.04. The minimum Gasteiger partial charge on any atom is -0.338 e. The average Bonchev–Trinajstić information content (AvgIpc) is 3.08. The number of thioether (sulfide) groups is 1. The van der Waals surface area contributed by atoms with Crippen molar-refractivity contribution in [3.63, 3.8) is 0 Å². The molecule has 0 radical (unpaired) electrons. The first-order valence-electron chi connectivity index (χ1n) is 5.18. The number of rotatable bonds is 4. The summed E-state index contributed by atoms with van der Waals surface area (Å²) >= 11 is 3.06. The van der Waals surface area contributed by atoms with E-state index >= 15 is 0 Å². The smallest absolute Gasteiger partial charge is 0.237 e. The van der Waals surface area contributed by atoms with Crippen molar-refractivity contribution in [1.29, 1.82) is 0 Å². The Morgan fingerprint density at radius 1 is 1.22 bits per heavy atom. The molecule has 5 nitrogen and oxygen atoms in total. The van der Waals surface area contributed by atoms with Crippen molar-refractivity contribution < 1.29 is 4.52 Å². The van der Waals surface area contributed by atoms with E-state index in [4.69, 9.17) is 4.52 Å². The van der Waals surface area contributed by atoms with Crippen molar-refractivity contribution in [3.8, 4) is 10.7 Å². The molecule has 0 amide bonds. The molecule has 0 fully saturated rings. The first kappa shape index (κ1) is 11.4. The standard InChI is InChI=1S/C11H8N4OS2/c1-3-8(17-6-1)10-14-9(16-15-10)7-18-11-12-4-2-5-13-11/h1-6H,7H2. The third-order valence-corrected chi connectivity index (χ3v) is 3.80. The van der Waals surface area contributed by atoms with Crippen LogP contribution in [0, 0.1) is 0 Å². The van der Waals surface area contributed by atoms with Gasteiger partial charge in [-0.05, 0) is 17.5 Å². The lowest BCUT2D eigenvalue weighted by Gasteiger charge is -1.93. The van der Waals surface area contributed by atoms with Crippen LogP contribution in [0.4, 0.5) is 0 Å². The highest BCUT2D eigenvalue weighted by atomic mass is 32.2. The molecule has 3 aromatic rings. The van der Waals surface area contributed by atoms with Gasteiger partial charge in [0.25, 0.3) is 0 Å². The van der Waals surface area contributed by atoms with E-state index in [9.17, 15) is 0 Å². The normalized spacial score (nSPS) is 10.7. The molecule has 90 valence electrons. The number of thiophene rings is 1. The Labute approximate surface area is 111 Å². The number of aromatic nitrogens is 4. The molecule has 3 rings (SSSR count). The molecule has 18 heavy (non-hydrogen) atoms. The minimum absolute atomic E-state index is 0.572. The van der Waals surface area contributed by atoms with Crippen LogP contribution in [0.1, 0.15) is 5.89 Å². The molecule has 0 saturated heterocycles. The predicted octanol–water partition coefficient (Wildman–Crippen LogP) is 2.88. The summed E-state index contributed by atoms with van der Waals surface area (Å²) in [5, 5.41) is 6.63. The predicted molar refractivity (Wildman–Crippen MR) is 69.2 cm³/mol. The Balaban J connectivity index is 1.68. The summed E-state index contributed by atoms with van der Waals surface area (Å²) in [7, 11) is 0. The van der Waals surface area contributed by atoms with Crippen molar-refractivity contribution in [2.45, 2.75) is 10.9 Å². The third-order valence-electron chi connectivity index (χ3n) is 2.08. The van der Waals surface area contributed by atoms with E-state index in [0.717, 1.165) is 4.88 Å². The van der Waals surface area contributed by atoms with Crippen LogP contribution in [0.3, 0.4) is 0 Å². The number of hydrogen-bond donors (Lipinski definition) is 0. The molecule has 3 heterocycles. The maximum Gasteiger partial charge on any atom is 0.237 e. The summed E-state index contributed by atoms with van der Waals surface area (Å²) in [5.74, 6) is 1.79. The highest BCUT2D eigenvalue weighted by Gasteiger charge is 2.10. The topological polar surface area (TPSA) is 64.7 Å². The van der Waals surface area contributed by atoms with Crippen molar-refractivity contribution in [1.82, 2.24) is 20.1 Å². The Kier molecular flexibility index (Phi) is 3.33. The van der Waals surface area contributed by atoms with Gasteiger partial charge in [0.2, 0.25) is 11.7 Å². The average molecular weight is 276 g/mol. The fraction of sp³-hybridized carbons (Fsp3) is 0.0909. The molecule has 3 aromatic heterocycles. The third kappa shape index (κ3) is 2.57. The van der Waals surface area contributed by atoms with Gasteiger partial charge in [0, 0.05) is 12.4 Å². The summed E-state index contributed by atoms with van der Waals surface area (Å²) in [6.07, 6.45) is 3.42. The van der Waals surface area contributed by atoms with Gasteiger partial charge in [0.05, 0.1) is 10.6 Å². The van der Waals surface area contributed by atoms with Crippen molar-refractivity contribution in [2.75, 3.05) is 0 Å². The molecule has 0 aromatic carbocycles.